The highest BCUT2D eigenvalue weighted by molar-refractivity contribution is 6.31. The second kappa shape index (κ2) is 15.4. The van der Waals surface area contributed by atoms with Gasteiger partial charge in [-0.05, 0) is 80.5 Å². The van der Waals surface area contributed by atoms with Crippen LogP contribution in [-0.4, -0.2) is 107 Å². The summed E-state index contributed by atoms with van der Waals surface area (Å²) in [7, 11) is 0. The predicted molar refractivity (Wildman–Crippen MR) is 227 cm³/mol. The molecule has 61 heavy (non-hydrogen) atoms. The minimum Gasteiger partial charge on any atom is -0.489 e. The number of carbonyl (C=O) groups is 5. The van der Waals surface area contributed by atoms with E-state index in [2.05, 4.69) is 59.1 Å². The SMILES string of the molecule is CC1(C)C(NC(=O)c2ccc(N3CCC(CN4CC5CCC4CN5c4ccc5c(c4)C(=O)N(C4CCC(=O)NC4=O)C5=O)CC3)nc2)C(C)(C)C1Oc1ccc(C#N)c(Cl)c1. The minimum atomic E-state index is -0.977. The Labute approximate surface area is 360 Å². The van der Waals surface area contributed by atoms with E-state index in [9.17, 15) is 29.2 Å². The number of amides is 5. The number of anilines is 2. The minimum absolute atomic E-state index is 0.0904. The first-order valence-corrected chi connectivity index (χ1v) is 21.8. The standard InChI is InChI=1S/C46H51ClN8O6/c1-45(2)43(46(3,4)44(45)61-32-10-5-27(21-48)35(47)20-32)51-39(57)28-6-13-37(49-22-28)52-17-15-26(16-18-52)23-53-24-31-8-7-30(53)25-54(31)29-9-11-33-34(19-29)42(60)55(41(33)59)36-12-14-38(56)50-40(36)58/h5-6,9-11,13,19-20,22,26,30-31,36,43-44H,7-8,12,14-18,23-25H2,1-4H3,(H,51,57)(H,50,56,58). The molecular weight excluding hydrogens is 796 g/mol. The van der Waals surface area contributed by atoms with E-state index in [1.807, 2.05) is 24.3 Å². The van der Waals surface area contributed by atoms with Gasteiger partial charge in [0.2, 0.25) is 11.8 Å². The molecule has 3 unspecified atom stereocenters. The zero-order chi connectivity index (χ0) is 43.0. The Morgan fingerprint density at radius 3 is 2.31 bits per heavy atom. The lowest BCUT2D eigenvalue weighted by molar-refractivity contribution is -0.164. The maximum absolute atomic E-state index is 13.5. The van der Waals surface area contributed by atoms with Crippen LogP contribution in [0.2, 0.25) is 5.02 Å². The van der Waals surface area contributed by atoms with Gasteiger partial charge in [-0.25, -0.2) is 4.98 Å². The van der Waals surface area contributed by atoms with Gasteiger partial charge in [-0.3, -0.25) is 39.1 Å². The Hall–Kier alpha value is -5.52. The third kappa shape index (κ3) is 7.19. The van der Waals surface area contributed by atoms with Gasteiger partial charge >= 0.3 is 0 Å². The number of nitriles is 1. The number of imide groups is 2. The summed E-state index contributed by atoms with van der Waals surface area (Å²) in [6, 6.07) is 15.9. The lowest BCUT2D eigenvalue weighted by Crippen LogP contribution is -2.74. The molecule has 3 aromatic rings. The Morgan fingerprint density at radius 1 is 0.918 bits per heavy atom. The Balaban J connectivity index is 0.758. The van der Waals surface area contributed by atoms with Crippen molar-refractivity contribution in [2.24, 2.45) is 16.7 Å². The maximum atomic E-state index is 13.5. The van der Waals surface area contributed by atoms with Gasteiger partial charge in [0.05, 0.1) is 27.3 Å². The highest BCUT2D eigenvalue weighted by atomic mass is 35.5. The first-order chi connectivity index (χ1) is 29.1. The number of nitrogens with one attached hydrogen (secondary N) is 2. The molecule has 3 atom stereocenters. The topological polar surface area (TPSA) is 168 Å². The molecule has 2 aromatic carbocycles. The van der Waals surface area contributed by atoms with Crippen LogP contribution in [0.5, 0.6) is 5.75 Å². The van der Waals surface area contributed by atoms with Crippen molar-refractivity contribution in [3.8, 4) is 11.8 Å². The number of fused-ring (bicyclic) bond motifs is 4. The largest absolute Gasteiger partial charge is 0.489 e. The molecule has 15 heteroatoms. The van der Waals surface area contributed by atoms with Crippen LogP contribution < -0.4 is 25.2 Å². The van der Waals surface area contributed by atoms with Crippen molar-refractivity contribution in [3.63, 3.8) is 0 Å². The number of piperidine rings is 4. The summed E-state index contributed by atoms with van der Waals surface area (Å²) in [5.74, 6) is -0.106. The van der Waals surface area contributed by atoms with E-state index < -0.39 is 29.7 Å². The number of pyridine rings is 1. The molecule has 14 nitrogen and oxygen atoms in total. The number of piperazine rings is 1. The fraction of sp³-hybridized carbons (Fsp3) is 0.500. The lowest BCUT2D eigenvalue weighted by Gasteiger charge is -2.63. The number of ether oxygens (including phenoxy) is 1. The Morgan fingerprint density at radius 2 is 1.66 bits per heavy atom. The molecule has 6 aliphatic heterocycles. The molecular formula is C46H51ClN8O6. The first-order valence-electron chi connectivity index (χ1n) is 21.4. The third-order valence-corrected chi connectivity index (χ3v) is 14.6. The monoisotopic (exact) mass is 846 g/mol. The molecule has 0 spiro atoms. The summed E-state index contributed by atoms with van der Waals surface area (Å²) in [6.45, 7) is 13.0. The predicted octanol–water partition coefficient (Wildman–Crippen LogP) is 5.19. The van der Waals surface area contributed by atoms with E-state index in [1.165, 1.54) is 0 Å². The van der Waals surface area contributed by atoms with E-state index in [0.717, 1.165) is 74.8 Å². The van der Waals surface area contributed by atoms with Gasteiger partial charge in [-0.2, -0.15) is 5.26 Å². The van der Waals surface area contributed by atoms with Crippen LogP contribution in [0.1, 0.15) is 103 Å². The quantitative estimate of drug-likeness (QED) is 0.272. The molecule has 2 N–H and O–H groups in total. The van der Waals surface area contributed by atoms with Crippen LogP contribution >= 0.6 is 11.6 Å². The molecule has 5 amide bonds. The zero-order valence-corrected chi connectivity index (χ0v) is 35.7. The number of halogens is 1. The van der Waals surface area contributed by atoms with Crippen molar-refractivity contribution < 1.29 is 28.7 Å². The van der Waals surface area contributed by atoms with Gasteiger partial charge in [0.25, 0.3) is 17.7 Å². The molecule has 0 radical (unpaired) electrons. The van der Waals surface area contributed by atoms with E-state index in [4.69, 9.17) is 21.3 Å². The molecule has 5 saturated heterocycles. The zero-order valence-electron chi connectivity index (χ0n) is 34.9. The van der Waals surface area contributed by atoms with Crippen molar-refractivity contribution in [1.82, 2.24) is 25.4 Å². The summed E-state index contributed by atoms with van der Waals surface area (Å²) >= 11 is 6.26. The van der Waals surface area contributed by atoms with Crippen LogP contribution in [0.4, 0.5) is 11.5 Å². The molecule has 7 heterocycles. The average molecular weight is 847 g/mol. The van der Waals surface area contributed by atoms with E-state index in [-0.39, 0.29) is 41.7 Å². The van der Waals surface area contributed by atoms with Crippen molar-refractivity contribution in [2.45, 2.75) is 96.5 Å². The molecule has 10 rings (SSSR count). The summed E-state index contributed by atoms with van der Waals surface area (Å²) in [5.41, 5.74) is 1.70. The van der Waals surface area contributed by atoms with Crippen molar-refractivity contribution in [1.29, 1.82) is 5.26 Å². The fourth-order valence-electron chi connectivity index (χ4n) is 11.3. The van der Waals surface area contributed by atoms with Gasteiger partial charge in [-0.1, -0.05) is 39.3 Å². The van der Waals surface area contributed by atoms with Crippen molar-refractivity contribution in [3.05, 3.63) is 82.0 Å². The van der Waals surface area contributed by atoms with Gasteiger partial charge < -0.3 is 19.9 Å². The normalized spacial score (nSPS) is 27.0. The van der Waals surface area contributed by atoms with Crippen LogP contribution in [0.15, 0.2) is 54.7 Å². The Bertz CT molecular complexity index is 2340. The maximum Gasteiger partial charge on any atom is 0.262 e. The fourth-order valence-corrected chi connectivity index (χ4v) is 11.5. The second-order valence-electron chi connectivity index (χ2n) is 18.8. The van der Waals surface area contributed by atoms with Gasteiger partial charge in [0.15, 0.2) is 0 Å². The van der Waals surface area contributed by atoms with E-state index in [0.29, 0.717) is 51.0 Å². The third-order valence-electron chi connectivity index (χ3n) is 14.3. The van der Waals surface area contributed by atoms with E-state index in [1.54, 1.807) is 30.5 Å². The molecule has 2 bridgehead atoms. The van der Waals surface area contributed by atoms with Gasteiger partial charge in [0, 0.05) is 86.1 Å². The number of hydrogen-bond donors (Lipinski definition) is 2. The molecule has 1 saturated carbocycles. The van der Waals surface area contributed by atoms with Crippen LogP contribution in [-0.2, 0) is 9.59 Å². The summed E-state index contributed by atoms with van der Waals surface area (Å²) in [6.07, 6.45) is 5.98. The van der Waals surface area contributed by atoms with Crippen LogP contribution in [0, 0.1) is 28.1 Å². The van der Waals surface area contributed by atoms with Gasteiger partial charge in [-0.15, -0.1) is 0 Å². The number of nitrogens with zero attached hydrogens (tertiary/aromatic N) is 6. The van der Waals surface area contributed by atoms with Crippen molar-refractivity contribution >= 4 is 52.6 Å². The Kier molecular flexibility index (Phi) is 10.3. The second-order valence-corrected chi connectivity index (χ2v) is 19.2. The molecule has 6 fully saturated rings. The number of hydrogen-bond acceptors (Lipinski definition) is 11. The number of aromatic nitrogens is 1. The highest BCUT2D eigenvalue weighted by Crippen LogP contribution is 2.55. The first kappa shape index (κ1) is 40.9. The van der Waals surface area contributed by atoms with Crippen LogP contribution in [0.25, 0.3) is 0 Å². The summed E-state index contributed by atoms with van der Waals surface area (Å²) in [5, 5.41) is 15.1. The smallest absolute Gasteiger partial charge is 0.262 e. The summed E-state index contributed by atoms with van der Waals surface area (Å²) < 4.78 is 6.38. The van der Waals surface area contributed by atoms with Crippen molar-refractivity contribution in [2.75, 3.05) is 42.5 Å². The molecule has 7 aliphatic rings. The number of rotatable bonds is 9. The molecule has 1 aromatic heterocycles. The summed E-state index contributed by atoms with van der Waals surface area (Å²) in [4.78, 5) is 77.6. The van der Waals surface area contributed by atoms with E-state index >= 15 is 0 Å². The molecule has 1 aliphatic carbocycles. The average Bonchev–Trinajstić information content (AvgIpc) is 3.49. The number of benzene rings is 2. The lowest BCUT2D eigenvalue weighted by atomic mass is 9.49. The van der Waals surface area contributed by atoms with Crippen LogP contribution in [0.3, 0.4) is 0 Å². The molecule has 318 valence electrons. The highest BCUT2D eigenvalue weighted by Gasteiger charge is 2.64. The van der Waals surface area contributed by atoms with Gasteiger partial charge in [0.1, 0.15) is 29.8 Å². The number of carbonyl (C=O) groups excluding carboxylic acids is 5.